The van der Waals surface area contributed by atoms with Crippen LogP contribution >= 0.6 is 0 Å². The molecule has 0 bridgehead atoms. The van der Waals surface area contributed by atoms with Crippen molar-refractivity contribution in [3.8, 4) is 5.75 Å². The maximum absolute atomic E-state index is 12.7. The molecule has 1 fully saturated rings. The maximum atomic E-state index is 12.7. The first-order chi connectivity index (χ1) is 12.3. The molecule has 5 heteroatoms. The van der Waals surface area contributed by atoms with Crippen molar-refractivity contribution in [2.24, 2.45) is 5.92 Å². The topological polar surface area (TPSA) is 49.9 Å². The summed E-state index contributed by atoms with van der Waals surface area (Å²) in [5.74, 6) is 1.85. The highest BCUT2D eigenvalue weighted by atomic mass is 16.5. The van der Waals surface area contributed by atoms with Crippen molar-refractivity contribution in [2.75, 3.05) is 33.3 Å². The summed E-state index contributed by atoms with van der Waals surface area (Å²) in [4.78, 5) is 28.6. The molecule has 0 spiro atoms. The Bertz CT molecular complexity index is 632. The Morgan fingerprint density at radius 1 is 1.00 bits per heavy atom. The van der Waals surface area contributed by atoms with Gasteiger partial charge in [0.2, 0.25) is 11.8 Å². The average molecular weight is 360 g/mol. The van der Waals surface area contributed by atoms with Crippen molar-refractivity contribution in [1.29, 1.82) is 0 Å². The first-order valence-electron chi connectivity index (χ1n) is 9.54. The van der Waals surface area contributed by atoms with Crippen molar-refractivity contribution in [3.63, 3.8) is 0 Å². The minimum atomic E-state index is 0.0940. The standard InChI is InChI=1S/C21H32N2O3/c1-15(2)12-20(24)22-8-10-23(11-9-22)21(25)14-18-7-6-17(16(3)4)13-19(18)26-5/h6-7,13,15-16H,8-12,14H2,1-5H3. The van der Waals surface area contributed by atoms with Crippen LogP contribution in [-0.2, 0) is 16.0 Å². The fourth-order valence-corrected chi connectivity index (χ4v) is 3.22. The number of amides is 2. The predicted molar refractivity (Wildman–Crippen MR) is 103 cm³/mol. The van der Waals surface area contributed by atoms with Crippen LogP contribution in [-0.4, -0.2) is 54.9 Å². The molecule has 0 unspecified atom stereocenters. The lowest BCUT2D eigenvalue weighted by molar-refractivity contribution is -0.139. The van der Waals surface area contributed by atoms with Gasteiger partial charge in [-0.15, -0.1) is 0 Å². The second kappa shape index (κ2) is 9.06. The Morgan fingerprint density at radius 2 is 1.58 bits per heavy atom. The summed E-state index contributed by atoms with van der Waals surface area (Å²) in [5.41, 5.74) is 2.12. The number of rotatable bonds is 6. The molecule has 1 aromatic rings. The summed E-state index contributed by atoms with van der Waals surface area (Å²) < 4.78 is 5.49. The lowest BCUT2D eigenvalue weighted by Gasteiger charge is -2.35. The highest BCUT2D eigenvalue weighted by Crippen LogP contribution is 2.25. The van der Waals surface area contributed by atoms with Gasteiger partial charge in [0, 0.05) is 38.2 Å². The third-order valence-electron chi connectivity index (χ3n) is 4.89. The van der Waals surface area contributed by atoms with Crippen LogP contribution in [0, 0.1) is 5.92 Å². The average Bonchev–Trinajstić information content (AvgIpc) is 2.61. The van der Waals surface area contributed by atoms with Crippen LogP contribution in [0.2, 0.25) is 0 Å². The first kappa shape index (κ1) is 20.3. The summed E-state index contributed by atoms with van der Waals surface area (Å²) in [6.07, 6.45) is 0.912. The highest BCUT2D eigenvalue weighted by molar-refractivity contribution is 5.80. The molecule has 5 nitrogen and oxygen atoms in total. The summed E-state index contributed by atoms with van der Waals surface area (Å²) in [5, 5.41) is 0. The zero-order valence-corrected chi connectivity index (χ0v) is 16.7. The maximum Gasteiger partial charge on any atom is 0.227 e. The number of piperazine rings is 1. The molecule has 2 amide bonds. The Balaban J connectivity index is 1.94. The van der Waals surface area contributed by atoms with Crippen molar-refractivity contribution < 1.29 is 14.3 Å². The van der Waals surface area contributed by atoms with E-state index in [4.69, 9.17) is 4.74 Å². The van der Waals surface area contributed by atoms with Gasteiger partial charge >= 0.3 is 0 Å². The fourth-order valence-electron chi connectivity index (χ4n) is 3.22. The number of hydrogen-bond donors (Lipinski definition) is 0. The molecular formula is C21H32N2O3. The molecule has 144 valence electrons. The molecule has 1 aromatic carbocycles. The van der Waals surface area contributed by atoms with E-state index in [-0.39, 0.29) is 11.8 Å². The number of hydrogen-bond acceptors (Lipinski definition) is 3. The van der Waals surface area contributed by atoms with Crippen LogP contribution in [0.1, 0.15) is 51.2 Å². The van der Waals surface area contributed by atoms with Gasteiger partial charge in [-0.1, -0.05) is 39.8 Å². The molecule has 1 aliphatic rings. The van der Waals surface area contributed by atoms with E-state index in [1.807, 2.05) is 21.9 Å². The SMILES string of the molecule is COc1cc(C(C)C)ccc1CC(=O)N1CCN(C(=O)CC(C)C)CC1. The van der Waals surface area contributed by atoms with Gasteiger partial charge in [-0.05, 0) is 23.5 Å². The van der Waals surface area contributed by atoms with Crippen molar-refractivity contribution in [3.05, 3.63) is 29.3 Å². The summed E-state index contributed by atoms with van der Waals surface area (Å²) in [7, 11) is 1.65. The largest absolute Gasteiger partial charge is 0.496 e. The van der Waals surface area contributed by atoms with Crippen LogP contribution < -0.4 is 4.74 Å². The predicted octanol–water partition coefficient (Wildman–Crippen LogP) is 3.08. The molecule has 0 radical (unpaired) electrons. The number of carbonyl (C=O) groups is 2. The van der Waals surface area contributed by atoms with E-state index in [1.54, 1.807) is 7.11 Å². The summed E-state index contributed by atoms with van der Waals surface area (Å²) in [6.45, 7) is 10.8. The number of ether oxygens (including phenoxy) is 1. The second-order valence-corrected chi connectivity index (χ2v) is 7.76. The van der Waals surface area contributed by atoms with Gasteiger partial charge in [0.25, 0.3) is 0 Å². The Labute approximate surface area is 157 Å². The van der Waals surface area contributed by atoms with Gasteiger partial charge in [-0.3, -0.25) is 9.59 Å². The number of carbonyl (C=O) groups excluding carboxylic acids is 2. The monoisotopic (exact) mass is 360 g/mol. The van der Waals surface area contributed by atoms with Crippen LogP contribution in [0.4, 0.5) is 0 Å². The molecule has 0 aliphatic carbocycles. The fraction of sp³-hybridized carbons (Fsp3) is 0.619. The number of methoxy groups -OCH3 is 1. The van der Waals surface area contributed by atoms with Crippen LogP contribution in [0.25, 0.3) is 0 Å². The van der Waals surface area contributed by atoms with Crippen LogP contribution in [0.15, 0.2) is 18.2 Å². The highest BCUT2D eigenvalue weighted by Gasteiger charge is 2.25. The number of benzene rings is 1. The lowest BCUT2D eigenvalue weighted by Crippen LogP contribution is -2.51. The molecule has 0 atom stereocenters. The van der Waals surface area contributed by atoms with E-state index in [0.717, 1.165) is 11.3 Å². The van der Waals surface area contributed by atoms with Crippen molar-refractivity contribution in [1.82, 2.24) is 9.80 Å². The zero-order valence-electron chi connectivity index (χ0n) is 16.7. The molecule has 0 N–H and O–H groups in total. The van der Waals surface area contributed by atoms with Crippen molar-refractivity contribution >= 4 is 11.8 Å². The zero-order chi connectivity index (χ0) is 19.3. The Hall–Kier alpha value is -2.04. The molecule has 1 saturated heterocycles. The second-order valence-electron chi connectivity index (χ2n) is 7.76. The quantitative estimate of drug-likeness (QED) is 0.783. The van der Waals surface area contributed by atoms with Gasteiger partial charge < -0.3 is 14.5 Å². The molecular weight excluding hydrogens is 328 g/mol. The molecule has 26 heavy (non-hydrogen) atoms. The normalized spacial score (nSPS) is 14.9. The third-order valence-corrected chi connectivity index (χ3v) is 4.89. The Kier molecular flexibility index (Phi) is 7.06. The third kappa shape index (κ3) is 5.23. The van der Waals surface area contributed by atoms with Gasteiger partial charge in [0.15, 0.2) is 0 Å². The van der Waals surface area contributed by atoms with Crippen molar-refractivity contribution in [2.45, 2.75) is 46.5 Å². The van der Waals surface area contributed by atoms with E-state index in [1.165, 1.54) is 5.56 Å². The molecule has 0 aromatic heterocycles. The molecule has 1 heterocycles. The van der Waals surface area contributed by atoms with E-state index in [2.05, 4.69) is 33.8 Å². The van der Waals surface area contributed by atoms with E-state index in [9.17, 15) is 9.59 Å². The van der Waals surface area contributed by atoms with Crippen LogP contribution in [0.3, 0.4) is 0 Å². The lowest BCUT2D eigenvalue weighted by atomic mass is 9.99. The molecule has 0 saturated carbocycles. The van der Waals surface area contributed by atoms with E-state index < -0.39 is 0 Å². The Morgan fingerprint density at radius 3 is 2.08 bits per heavy atom. The minimum absolute atomic E-state index is 0.0940. The smallest absolute Gasteiger partial charge is 0.227 e. The molecule has 1 aliphatic heterocycles. The summed E-state index contributed by atoms with van der Waals surface area (Å²) >= 11 is 0. The van der Waals surface area contributed by atoms with Gasteiger partial charge in [0.05, 0.1) is 13.5 Å². The summed E-state index contributed by atoms with van der Waals surface area (Å²) in [6, 6.07) is 6.09. The van der Waals surface area contributed by atoms with Crippen LogP contribution in [0.5, 0.6) is 5.75 Å². The van der Waals surface area contributed by atoms with E-state index in [0.29, 0.717) is 50.9 Å². The van der Waals surface area contributed by atoms with Gasteiger partial charge in [-0.25, -0.2) is 0 Å². The van der Waals surface area contributed by atoms with E-state index >= 15 is 0 Å². The number of nitrogens with zero attached hydrogens (tertiary/aromatic N) is 2. The van der Waals surface area contributed by atoms with Gasteiger partial charge in [-0.2, -0.15) is 0 Å². The molecule has 2 rings (SSSR count). The minimum Gasteiger partial charge on any atom is -0.496 e. The van der Waals surface area contributed by atoms with Gasteiger partial charge in [0.1, 0.15) is 5.75 Å². The first-order valence-corrected chi connectivity index (χ1v) is 9.54.